The number of carbonyl (C=O) groups is 1. The van der Waals surface area contributed by atoms with Crippen LogP contribution >= 0.6 is 27.3 Å². The van der Waals surface area contributed by atoms with Crippen molar-refractivity contribution in [3.05, 3.63) is 20.8 Å². The fraction of sp³-hybridized carbons (Fsp3) is 0.400. The van der Waals surface area contributed by atoms with Gasteiger partial charge in [0.05, 0.1) is 6.07 Å². The lowest BCUT2D eigenvalue weighted by Crippen LogP contribution is -2.23. The number of hydrogen-bond acceptors (Lipinski definition) is 3. The van der Waals surface area contributed by atoms with Gasteiger partial charge in [-0.3, -0.25) is 4.79 Å². The minimum atomic E-state index is -0.0474. The smallest absolute Gasteiger partial charge is 0.262 e. The maximum Gasteiger partial charge on any atom is 0.262 e. The fourth-order valence-electron chi connectivity index (χ4n) is 1.07. The minimum Gasteiger partial charge on any atom is -0.351 e. The third-order valence-electron chi connectivity index (χ3n) is 1.82. The van der Waals surface area contributed by atoms with E-state index in [1.54, 1.807) is 0 Å². The second-order valence-corrected chi connectivity index (χ2v) is 4.74. The van der Waals surface area contributed by atoms with Crippen LogP contribution in [-0.2, 0) is 0 Å². The Labute approximate surface area is 101 Å². The van der Waals surface area contributed by atoms with Crippen molar-refractivity contribution in [2.75, 3.05) is 6.54 Å². The molecular weight excluding hydrogens is 276 g/mol. The molecule has 1 N–H and O–H groups in total. The predicted octanol–water partition coefficient (Wildman–Crippen LogP) is 2.93. The van der Waals surface area contributed by atoms with Gasteiger partial charge in [-0.25, -0.2) is 0 Å². The first-order chi connectivity index (χ1) is 7.25. The van der Waals surface area contributed by atoms with Gasteiger partial charge in [-0.15, -0.1) is 11.3 Å². The molecule has 0 atom stereocenters. The molecule has 3 nitrogen and oxygen atoms in total. The maximum atomic E-state index is 11.6. The third kappa shape index (κ3) is 4.02. The number of carbonyl (C=O) groups excluding carboxylic acids is 1. The van der Waals surface area contributed by atoms with Crippen LogP contribution in [0.5, 0.6) is 0 Å². The molecule has 1 aromatic heterocycles. The largest absolute Gasteiger partial charge is 0.351 e. The summed E-state index contributed by atoms with van der Waals surface area (Å²) in [6.07, 6.45) is 2.24. The van der Waals surface area contributed by atoms with Gasteiger partial charge in [-0.1, -0.05) is 0 Å². The molecule has 1 amide bonds. The van der Waals surface area contributed by atoms with E-state index < -0.39 is 0 Å². The van der Waals surface area contributed by atoms with E-state index in [0.717, 1.165) is 17.3 Å². The topological polar surface area (TPSA) is 52.9 Å². The van der Waals surface area contributed by atoms with Crippen molar-refractivity contribution < 1.29 is 4.79 Å². The molecule has 0 saturated carbocycles. The van der Waals surface area contributed by atoms with Gasteiger partial charge in [0, 0.05) is 17.4 Å². The van der Waals surface area contributed by atoms with Crippen molar-refractivity contribution in [1.29, 1.82) is 5.26 Å². The van der Waals surface area contributed by atoms with Crippen molar-refractivity contribution in [3.8, 4) is 6.07 Å². The Bertz CT molecular complexity index is 370. The van der Waals surface area contributed by atoms with E-state index in [0.29, 0.717) is 17.8 Å². The van der Waals surface area contributed by atoms with E-state index in [-0.39, 0.29) is 5.91 Å². The summed E-state index contributed by atoms with van der Waals surface area (Å²) in [7, 11) is 0. The Morgan fingerprint density at radius 2 is 2.40 bits per heavy atom. The number of amides is 1. The lowest BCUT2D eigenvalue weighted by atomic mass is 10.2. The van der Waals surface area contributed by atoms with Gasteiger partial charge in [0.2, 0.25) is 0 Å². The van der Waals surface area contributed by atoms with E-state index in [1.807, 2.05) is 11.4 Å². The summed E-state index contributed by atoms with van der Waals surface area (Å²) in [5.41, 5.74) is 0. The summed E-state index contributed by atoms with van der Waals surface area (Å²) in [5.74, 6) is -0.0474. The monoisotopic (exact) mass is 286 g/mol. The summed E-state index contributed by atoms with van der Waals surface area (Å²) in [6, 6.07) is 3.93. The molecule has 1 rings (SSSR count). The molecule has 0 spiro atoms. The Balaban J connectivity index is 2.26. The summed E-state index contributed by atoms with van der Waals surface area (Å²) in [4.78, 5) is 12.3. The molecule has 0 fully saturated rings. The normalized spacial score (nSPS) is 9.60. The second kappa shape index (κ2) is 6.59. The fourth-order valence-corrected chi connectivity index (χ4v) is 2.53. The maximum absolute atomic E-state index is 11.6. The average molecular weight is 287 g/mol. The molecule has 0 aliphatic carbocycles. The molecule has 0 bridgehead atoms. The summed E-state index contributed by atoms with van der Waals surface area (Å²) < 4.78 is 0.835. The summed E-state index contributed by atoms with van der Waals surface area (Å²) in [6.45, 7) is 0.630. The molecule has 0 aliphatic rings. The van der Waals surface area contributed by atoms with Gasteiger partial charge in [0.1, 0.15) is 4.88 Å². The van der Waals surface area contributed by atoms with Crippen molar-refractivity contribution in [2.45, 2.75) is 19.3 Å². The van der Waals surface area contributed by atoms with Gasteiger partial charge in [0.25, 0.3) is 5.91 Å². The van der Waals surface area contributed by atoms with Crippen molar-refractivity contribution in [1.82, 2.24) is 5.32 Å². The highest BCUT2D eigenvalue weighted by atomic mass is 79.9. The number of halogens is 1. The SMILES string of the molecule is N#CCCCCNC(=O)c1sccc1Br. The molecule has 5 heteroatoms. The van der Waals surface area contributed by atoms with Crippen LogP contribution < -0.4 is 5.32 Å². The zero-order valence-electron chi connectivity index (χ0n) is 8.12. The first kappa shape index (κ1) is 12.2. The summed E-state index contributed by atoms with van der Waals surface area (Å²) >= 11 is 4.72. The van der Waals surface area contributed by atoms with Crippen LogP contribution in [-0.4, -0.2) is 12.5 Å². The number of nitrogens with zero attached hydrogens (tertiary/aromatic N) is 1. The zero-order valence-corrected chi connectivity index (χ0v) is 10.5. The molecular formula is C10H11BrN2OS. The van der Waals surface area contributed by atoms with E-state index in [1.165, 1.54) is 11.3 Å². The Morgan fingerprint density at radius 3 is 3.00 bits per heavy atom. The first-order valence-corrected chi connectivity index (χ1v) is 6.31. The van der Waals surface area contributed by atoms with Crippen LogP contribution in [0.2, 0.25) is 0 Å². The molecule has 0 aromatic carbocycles. The number of hydrogen-bond donors (Lipinski definition) is 1. The van der Waals surface area contributed by atoms with E-state index in [2.05, 4.69) is 27.3 Å². The number of nitriles is 1. The summed E-state index contributed by atoms with van der Waals surface area (Å²) in [5, 5.41) is 13.0. The van der Waals surface area contributed by atoms with Crippen LogP contribution in [0.15, 0.2) is 15.9 Å². The number of nitrogens with one attached hydrogen (secondary N) is 1. The second-order valence-electron chi connectivity index (χ2n) is 2.97. The first-order valence-electron chi connectivity index (χ1n) is 4.64. The number of thiophene rings is 1. The lowest BCUT2D eigenvalue weighted by Gasteiger charge is -2.02. The predicted molar refractivity (Wildman–Crippen MR) is 63.8 cm³/mol. The van der Waals surface area contributed by atoms with E-state index in [4.69, 9.17) is 5.26 Å². The molecule has 0 unspecified atom stereocenters. The van der Waals surface area contributed by atoms with Crippen molar-refractivity contribution in [3.63, 3.8) is 0 Å². The third-order valence-corrected chi connectivity index (χ3v) is 3.66. The van der Waals surface area contributed by atoms with Gasteiger partial charge in [-0.05, 0) is 40.2 Å². The lowest BCUT2D eigenvalue weighted by molar-refractivity contribution is 0.0956. The Morgan fingerprint density at radius 1 is 1.60 bits per heavy atom. The van der Waals surface area contributed by atoms with E-state index in [9.17, 15) is 4.79 Å². The minimum absolute atomic E-state index is 0.0474. The molecule has 15 heavy (non-hydrogen) atoms. The van der Waals surface area contributed by atoms with Gasteiger partial charge in [0.15, 0.2) is 0 Å². The van der Waals surface area contributed by atoms with Crippen LogP contribution in [0, 0.1) is 11.3 Å². The highest BCUT2D eigenvalue weighted by Gasteiger charge is 2.09. The average Bonchev–Trinajstić information content (AvgIpc) is 2.64. The molecule has 80 valence electrons. The number of rotatable bonds is 5. The van der Waals surface area contributed by atoms with Gasteiger partial charge < -0.3 is 5.32 Å². The molecule has 1 heterocycles. The van der Waals surface area contributed by atoms with Crippen LogP contribution in [0.25, 0.3) is 0 Å². The Hall–Kier alpha value is -0.860. The van der Waals surface area contributed by atoms with Crippen molar-refractivity contribution >= 4 is 33.2 Å². The van der Waals surface area contributed by atoms with Crippen LogP contribution in [0.3, 0.4) is 0 Å². The molecule has 1 aromatic rings. The zero-order chi connectivity index (χ0) is 11.1. The highest BCUT2D eigenvalue weighted by Crippen LogP contribution is 2.22. The van der Waals surface area contributed by atoms with Crippen LogP contribution in [0.4, 0.5) is 0 Å². The van der Waals surface area contributed by atoms with E-state index >= 15 is 0 Å². The van der Waals surface area contributed by atoms with Crippen LogP contribution in [0.1, 0.15) is 28.9 Å². The Kier molecular flexibility index (Phi) is 5.37. The quantitative estimate of drug-likeness (QED) is 0.846. The highest BCUT2D eigenvalue weighted by molar-refractivity contribution is 9.10. The molecule has 0 radical (unpaired) electrons. The molecule has 0 saturated heterocycles. The number of unbranched alkanes of at least 4 members (excludes halogenated alkanes) is 2. The molecule has 0 aliphatic heterocycles. The van der Waals surface area contributed by atoms with Gasteiger partial charge in [-0.2, -0.15) is 5.26 Å². The van der Waals surface area contributed by atoms with Gasteiger partial charge >= 0.3 is 0 Å². The van der Waals surface area contributed by atoms with Crippen molar-refractivity contribution in [2.24, 2.45) is 0 Å². The standard InChI is InChI=1S/C10H11BrN2OS/c11-8-4-7-15-9(8)10(14)13-6-3-1-2-5-12/h4,7H,1-3,6H2,(H,13,14).